The normalized spacial score (nSPS) is 15.7. The van der Waals surface area contributed by atoms with Crippen LogP contribution < -0.4 is 16.6 Å². The molecule has 7 heteroatoms. The average molecular weight is 375 g/mol. The van der Waals surface area contributed by atoms with Crippen molar-refractivity contribution in [2.24, 2.45) is 0 Å². The Kier molecular flexibility index (Phi) is 4.19. The van der Waals surface area contributed by atoms with Crippen molar-refractivity contribution in [3.05, 3.63) is 104 Å². The van der Waals surface area contributed by atoms with Gasteiger partial charge in [0.15, 0.2) is 0 Å². The molecule has 1 unspecified atom stereocenters. The lowest BCUT2D eigenvalue weighted by Gasteiger charge is -2.30. The lowest BCUT2D eigenvalue weighted by molar-refractivity contribution is -0.133. The van der Waals surface area contributed by atoms with Crippen LogP contribution in [0.25, 0.3) is 5.69 Å². The maximum atomic E-state index is 12.8. The number of carbonyl (C=O) groups is 1. The zero-order chi connectivity index (χ0) is 19.8. The summed E-state index contributed by atoms with van der Waals surface area (Å²) in [6.45, 7) is 1.63. The standard InChI is InChI=1S/C21H17N3O4/c1-12-15(20(26)27)16(13-8-4-2-5-9-13)17-18(22-12)24(21(28)23-19(17)25)14-10-6-3-7-11-14/h2-11,16,22H,1H3,(H,26,27)(H,23,25,28). The molecule has 2 heterocycles. The fourth-order valence-electron chi connectivity index (χ4n) is 3.63. The summed E-state index contributed by atoms with van der Waals surface area (Å²) in [4.78, 5) is 39.8. The van der Waals surface area contributed by atoms with Crippen LogP contribution >= 0.6 is 0 Å². The third-order valence-corrected chi connectivity index (χ3v) is 4.81. The summed E-state index contributed by atoms with van der Waals surface area (Å²) in [6, 6.07) is 17.8. The number of carboxylic acids is 1. The fourth-order valence-corrected chi connectivity index (χ4v) is 3.63. The molecule has 0 amide bonds. The second-order valence-electron chi connectivity index (χ2n) is 6.51. The van der Waals surface area contributed by atoms with E-state index >= 15 is 0 Å². The molecule has 1 aliphatic rings. The first-order valence-corrected chi connectivity index (χ1v) is 8.69. The first-order valence-electron chi connectivity index (χ1n) is 8.69. The zero-order valence-corrected chi connectivity index (χ0v) is 15.0. The maximum Gasteiger partial charge on any atom is 0.334 e. The van der Waals surface area contributed by atoms with Crippen molar-refractivity contribution in [2.45, 2.75) is 12.8 Å². The van der Waals surface area contributed by atoms with E-state index in [9.17, 15) is 19.5 Å². The van der Waals surface area contributed by atoms with E-state index in [2.05, 4.69) is 10.3 Å². The first-order chi connectivity index (χ1) is 13.5. The number of para-hydroxylation sites is 1. The summed E-state index contributed by atoms with van der Waals surface area (Å²) in [5.41, 5.74) is 0.654. The van der Waals surface area contributed by atoms with Crippen LogP contribution in [0.5, 0.6) is 0 Å². The average Bonchev–Trinajstić information content (AvgIpc) is 2.68. The van der Waals surface area contributed by atoms with E-state index in [4.69, 9.17) is 0 Å². The molecule has 7 nitrogen and oxygen atoms in total. The van der Waals surface area contributed by atoms with E-state index in [0.29, 0.717) is 16.9 Å². The number of aromatic amines is 1. The van der Waals surface area contributed by atoms with Crippen molar-refractivity contribution >= 4 is 11.8 Å². The van der Waals surface area contributed by atoms with E-state index < -0.39 is 23.1 Å². The van der Waals surface area contributed by atoms with Crippen LogP contribution in [-0.2, 0) is 4.79 Å². The van der Waals surface area contributed by atoms with Crippen LogP contribution in [0.1, 0.15) is 24.0 Å². The third-order valence-electron chi connectivity index (χ3n) is 4.81. The molecule has 1 aromatic heterocycles. The predicted octanol–water partition coefficient (Wildman–Crippen LogP) is 2.44. The molecule has 0 bridgehead atoms. The largest absolute Gasteiger partial charge is 0.478 e. The summed E-state index contributed by atoms with van der Waals surface area (Å²) >= 11 is 0. The molecule has 3 N–H and O–H groups in total. The smallest absolute Gasteiger partial charge is 0.334 e. The molecule has 0 saturated carbocycles. The second-order valence-corrected chi connectivity index (χ2v) is 6.51. The summed E-state index contributed by atoms with van der Waals surface area (Å²) in [5.74, 6) is -1.66. The van der Waals surface area contributed by atoms with Gasteiger partial charge in [-0.05, 0) is 24.6 Å². The molecular weight excluding hydrogens is 358 g/mol. The Hall–Kier alpha value is -3.87. The van der Waals surface area contributed by atoms with Crippen molar-refractivity contribution in [1.82, 2.24) is 9.55 Å². The van der Waals surface area contributed by atoms with E-state index in [0.717, 1.165) is 0 Å². The molecule has 4 rings (SSSR count). The molecular formula is C21H17N3O4. The molecule has 0 fully saturated rings. The summed E-state index contributed by atoms with van der Waals surface area (Å²) in [6.07, 6.45) is 0. The molecule has 0 radical (unpaired) electrons. The van der Waals surface area contributed by atoms with Crippen LogP contribution in [0.4, 0.5) is 5.82 Å². The van der Waals surface area contributed by atoms with Crippen molar-refractivity contribution < 1.29 is 9.90 Å². The number of rotatable bonds is 3. The Morgan fingerprint density at radius 1 is 1.00 bits per heavy atom. The number of nitrogens with zero attached hydrogens (tertiary/aromatic N) is 1. The van der Waals surface area contributed by atoms with Gasteiger partial charge in [-0.25, -0.2) is 14.2 Å². The molecule has 1 atom stereocenters. The van der Waals surface area contributed by atoms with Gasteiger partial charge in [-0.3, -0.25) is 9.78 Å². The predicted molar refractivity (Wildman–Crippen MR) is 105 cm³/mol. The molecule has 1 aliphatic heterocycles. The number of fused-ring (bicyclic) bond motifs is 1. The molecule has 0 spiro atoms. The van der Waals surface area contributed by atoms with Crippen molar-refractivity contribution in [2.75, 3.05) is 5.32 Å². The second kappa shape index (κ2) is 6.70. The van der Waals surface area contributed by atoms with Gasteiger partial charge in [0.1, 0.15) is 5.82 Å². The monoisotopic (exact) mass is 375 g/mol. The number of aromatic nitrogens is 2. The molecule has 0 aliphatic carbocycles. The van der Waals surface area contributed by atoms with E-state index in [1.54, 1.807) is 55.5 Å². The highest BCUT2D eigenvalue weighted by Crippen LogP contribution is 2.39. The Labute approximate surface area is 159 Å². The number of allylic oxidation sites excluding steroid dienone is 1. The number of anilines is 1. The Morgan fingerprint density at radius 2 is 1.61 bits per heavy atom. The van der Waals surface area contributed by atoms with E-state index in [1.165, 1.54) is 4.57 Å². The minimum Gasteiger partial charge on any atom is -0.478 e. The highest BCUT2D eigenvalue weighted by Gasteiger charge is 2.36. The van der Waals surface area contributed by atoms with Gasteiger partial charge >= 0.3 is 11.7 Å². The lowest BCUT2D eigenvalue weighted by atomic mass is 9.82. The Bertz CT molecular complexity index is 1210. The van der Waals surface area contributed by atoms with Crippen LogP contribution in [-0.4, -0.2) is 20.6 Å². The molecule has 2 aromatic carbocycles. The quantitative estimate of drug-likeness (QED) is 0.652. The van der Waals surface area contributed by atoms with Crippen LogP contribution in [0.3, 0.4) is 0 Å². The summed E-state index contributed by atoms with van der Waals surface area (Å²) < 4.78 is 1.36. The number of H-pyrrole nitrogens is 1. The highest BCUT2D eigenvalue weighted by atomic mass is 16.4. The van der Waals surface area contributed by atoms with Crippen LogP contribution in [0.2, 0.25) is 0 Å². The van der Waals surface area contributed by atoms with Crippen LogP contribution in [0.15, 0.2) is 81.5 Å². The number of aliphatic carboxylic acids is 1. The molecule has 140 valence electrons. The fraction of sp³-hybridized carbons (Fsp3) is 0.0952. The number of hydrogen-bond acceptors (Lipinski definition) is 4. The van der Waals surface area contributed by atoms with Gasteiger partial charge in [0, 0.05) is 5.70 Å². The number of benzene rings is 2. The SMILES string of the molecule is CC1=C(C(=O)O)C(c2ccccc2)c2c(n(-c3ccccc3)c(=O)[nH]c2=O)N1. The molecule has 0 saturated heterocycles. The topological polar surface area (TPSA) is 104 Å². The minimum absolute atomic E-state index is 0.0717. The van der Waals surface area contributed by atoms with Crippen LogP contribution in [0, 0.1) is 0 Å². The van der Waals surface area contributed by atoms with Gasteiger partial charge in [0.05, 0.1) is 22.7 Å². The van der Waals surface area contributed by atoms with Gasteiger partial charge in [-0.2, -0.15) is 0 Å². The first kappa shape index (κ1) is 17.5. The summed E-state index contributed by atoms with van der Waals surface area (Å²) in [5, 5.41) is 12.8. The number of hydrogen-bond donors (Lipinski definition) is 3. The lowest BCUT2D eigenvalue weighted by Crippen LogP contribution is -2.38. The third kappa shape index (κ3) is 2.73. The van der Waals surface area contributed by atoms with Gasteiger partial charge in [0.2, 0.25) is 0 Å². The Morgan fingerprint density at radius 3 is 2.21 bits per heavy atom. The zero-order valence-electron chi connectivity index (χ0n) is 15.0. The van der Waals surface area contributed by atoms with Crippen molar-refractivity contribution in [3.8, 4) is 5.69 Å². The summed E-state index contributed by atoms with van der Waals surface area (Å²) in [7, 11) is 0. The maximum absolute atomic E-state index is 12.8. The number of nitrogens with one attached hydrogen (secondary N) is 2. The number of carboxylic acid groups (broad SMARTS) is 1. The molecule has 28 heavy (non-hydrogen) atoms. The molecule has 3 aromatic rings. The highest BCUT2D eigenvalue weighted by molar-refractivity contribution is 5.93. The van der Waals surface area contributed by atoms with Gasteiger partial charge in [0.25, 0.3) is 5.56 Å². The Balaban J connectivity index is 2.09. The van der Waals surface area contributed by atoms with Crippen molar-refractivity contribution in [1.29, 1.82) is 0 Å². The minimum atomic E-state index is -1.12. The van der Waals surface area contributed by atoms with E-state index in [1.807, 2.05) is 12.1 Å². The van der Waals surface area contributed by atoms with Crippen molar-refractivity contribution in [3.63, 3.8) is 0 Å². The van der Waals surface area contributed by atoms with Gasteiger partial charge in [-0.1, -0.05) is 48.5 Å². The van der Waals surface area contributed by atoms with E-state index in [-0.39, 0.29) is 17.0 Å². The van der Waals surface area contributed by atoms with Gasteiger partial charge < -0.3 is 10.4 Å². The van der Waals surface area contributed by atoms with Gasteiger partial charge in [-0.15, -0.1) is 0 Å².